The van der Waals surface area contributed by atoms with Gasteiger partial charge in [-0.3, -0.25) is 20.2 Å². The Morgan fingerprint density at radius 1 is 0.885 bits per heavy atom. The molecule has 0 fully saturated rings. The van der Waals surface area contributed by atoms with E-state index in [1.165, 1.54) is 24.3 Å². The molecule has 0 saturated heterocycles. The van der Waals surface area contributed by atoms with E-state index in [1.54, 1.807) is 18.4 Å². The molecule has 0 amide bonds. The predicted octanol–water partition coefficient (Wildman–Crippen LogP) is 2.53. The zero-order chi connectivity index (χ0) is 19.5. The standard InChI is InChI=1S/C14H14N4O6S2/c1-16(2)25(13-7-3-11(4-8-13)17(19)20)15-26(23,24)14-9-5-12(6-10-14)18(21)22/h3-10H,1-2H3. The van der Waals surface area contributed by atoms with Crippen LogP contribution in [0.4, 0.5) is 11.4 Å². The van der Waals surface area contributed by atoms with E-state index in [9.17, 15) is 28.6 Å². The highest BCUT2D eigenvalue weighted by molar-refractivity contribution is 7.99. The zero-order valence-corrected chi connectivity index (χ0v) is 15.3. The molecule has 2 aromatic carbocycles. The normalized spacial score (nSPS) is 12.9. The second-order valence-electron chi connectivity index (χ2n) is 5.13. The van der Waals surface area contributed by atoms with Gasteiger partial charge in [0, 0.05) is 40.0 Å². The van der Waals surface area contributed by atoms with Crippen molar-refractivity contribution < 1.29 is 18.3 Å². The van der Waals surface area contributed by atoms with E-state index in [-0.39, 0.29) is 16.3 Å². The minimum Gasteiger partial charge on any atom is -0.258 e. The van der Waals surface area contributed by atoms with Gasteiger partial charge in [-0.15, -0.1) is 3.77 Å². The van der Waals surface area contributed by atoms with Crippen molar-refractivity contribution in [3.05, 3.63) is 68.8 Å². The van der Waals surface area contributed by atoms with Crippen molar-refractivity contribution in [2.75, 3.05) is 14.1 Å². The van der Waals surface area contributed by atoms with Crippen molar-refractivity contribution in [1.82, 2.24) is 4.31 Å². The first-order valence-electron chi connectivity index (χ1n) is 7.00. The molecule has 0 bridgehead atoms. The van der Waals surface area contributed by atoms with Crippen LogP contribution in [0.3, 0.4) is 0 Å². The van der Waals surface area contributed by atoms with E-state index in [2.05, 4.69) is 3.77 Å². The topological polar surface area (TPSA) is 136 Å². The van der Waals surface area contributed by atoms with E-state index >= 15 is 0 Å². The van der Waals surface area contributed by atoms with Crippen LogP contribution in [0.2, 0.25) is 0 Å². The lowest BCUT2D eigenvalue weighted by molar-refractivity contribution is -0.385. The van der Waals surface area contributed by atoms with E-state index in [0.717, 1.165) is 24.3 Å². The summed E-state index contributed by atoms with van der Waals surface area (Å²) >= 11 is 0. The molecule has 0 N–H and O–H groups in total. The molecular weight excluding hydrogens is 384 g/mol. The average Bonchev–Trinajstić information content (AvgIpc) is 2.59. The highest BCUT2D eigenvalue weighted by atomic mass is 32.3. The SMILES string of the molecule is CN(C)/S(=N/S(=O)(=O)c1ccc([N+](=O)[O-])cc1)c1ccc([N+](=O)[O-])cc1. The van der Waals surface area contributed by atoms with Crippen LogP contribution in [-0.2, 0) is 20.9 Å². The fourth-order valence-electron chi connectivity index (χ4n) is 1.89. The summed E-state index contributed by atoms with van der Waals surface area (Å²) in [6, 6.07) is 9.82. The largest absolute Gasteiger partial charge is 0.289 e. The van der Waals surface area contributed by atoms with Crippen molar-refractivity contribution in [2.45, 2.75) is 9.79 Å². The van der Waals surface area contributed by atoms with E-state index < -0.39 is 30.7 Å². The molecule has 1 atom stereocenters. The summed E-state index contributed by atoms with van der Waals surface area (Å²) in [5, 5.41) is 21.4. The molecule has 26 heavy (non-hydrogen) atoms. The minimum atomic E-state index is -4.08. The molecular formula is C14H14N4O6S2. The van der Waals surface area contributed by atoms with Gasteiger partial charge in [0.15, 0.2) is 0 Å². The van der Waals surface area contributed by atoms with Crippen molar-refractivity contribution in [3.63, 3.8) is 0 Å². The number of rotatable bonds is 6. The van der Waals surface area contributed by atoms with Crippen LogP contribution in [0.5, 0.6) is 0 Å². The maximum absolute atomic E-state index is 12.5. The Bertz CT molecular complexity index is 970. The maximum Gasteiger partial charge on any atom is 0.289 e. The second kappa shape index (κ2) is 7.68. The van der Waals surface area contributed by atoms with Gasteiger partial charge < -0.3 is 0 Å². The number of nitro benzene ring substituents is 2. The van der Waals surface area contributed by atoms with Crippen LogP contribution in [0.1, 0.15) is 0 Å². The first kappa shape index (κ1) is 19.6. The Balaban J connectivity index is 2.46. The molecule has 0 aliphatic heterocycles. The van der Waals surface area contributed by atoms with Crippen LogP contribution in [0.15, 0.2) is 62.1 Å². The zero-order valence-electron chi connectivity index (χ0n) is 13.7. The first-order valence-corrected chi connectivity index (χ1v) is 9.58. The lowest BCUT2D eigenvalue weighted by Gasteiger charge is -2.15. The highest BCUT2D eigenvalue weighted by Crippen LogP contribution is 2.22. The average molecular weight is 398 g/mol. The van der Waals surface area contributed by atoms with Gasteiger partial charge in [0.25, 0.3) is 21.4 Å². The van der Waals surface area contributed by atoms with Gasteiger partial charge in [-0.2, -0.15) is 8.42 Å². The van der Waals surface area contributed by atoms with E-state index in [4.69, 9.17) is 0 Å². The maximum atomic E-state index is 12.5. The molecule has 1 unspecified atom stereocenters. The van der Waals surface area contributed by atoms with Crippen molar-refractivity contribution in [1.29, 1.82) is 0 Å². The number of benzene rings is 2. The molecule has 0 radical (unpaired) electrons. The number of non-ortho nitro benzene ring substituents is 2. The molecule has 2 aromatic rings. The molecule has 0 saturated carbocycles. The third-order valence-corrected chi connectivity index (χ3v) is 6.72. The fraction of sp³-hybridized carbons (Fsp3) is 0.143. The number of sulfonamides is 1. The Labute approximate surface area is 151 Å². The van der Waals surface area contributed by atoms with Crippen LogP contribution in [0.25, 0.3) is 0 Å². The summed E-state index contributed by atoms with van der Waals surface area (Å²) in [4.78, 5) is 20.5. The first-order chi connectivity index (χ1) is 12.1. The Morgan fingerprint density at radius 3 is 1.69 bits per heavy atom. The van der Waals surface area contributed by atoms with Crippen molar-refractivity contribution in [3.8, 4) is 0 Å². The minimum absolute atomic E-state index is 0.116. The van der Waals surface area contributed by atoms with Gasteiger partial charge >= 0.3 is 0 Å². The summed E-state index contributed by atoms with van der Waals surface area (Å²) in [6.07, 6.45) is 0. The molecule has 2 rings (SSSR count). The fourth-order valence-corrected chi connectivity index (χ4v) is 5.13. The third-order valence-electron chi connectivity index (χ3n) is 3.12. The molecule has 0 aliphatic rings. The van der Waals surface area contributed by atoms with Crippen LogP contribution >= 0.6 is 0 Å². The van der Waals surface area contributed by atoms with Crippen molar-refractivity contribution in [2.24, 2.45) is 3.77 Å². The Morgan fingerprint density at radius 2 is 1.31 bits per heavy atom. The van der Waals surface area contributed by atoms with E-state index in [0.29, 0.717) is 4.90 Å². The summed E-state index contributed by atoms with van der Waals surface area (Å²) in [5.74, 6) is 0. The van der Waals surface area contributed by atoms with Gasteiger partial charge in [0.1, 0.15) is 0 Å². The number of nitro groups is 2. The Hall–Kier alpha value is -2.70. The van der Waals surface area contributed by atoms with Crippen LogP contribution in [0, 0.1) is 20.2 Å². The predicted molar refractivity (Wildman–Crippen MR) is 95.1 cm³/mol. The van der Waals surface area contributed by atoms with Gasteiger partial charge in [-0.1, -0.05) is 0 Å². The quantitative estimate of drug-likeness (QED) is 0.538. The second-order valence-corrected chi connectivity index (χ2v) is 8.88. The summed E-state index contributed by atoms with van der Waals surface area (Å²) in [7, 11) is -2.06. The molecule has 0 aromatic heterocycles. The van der Waals surface area contributed by atoms with Gasteiger partial charge in [-0.25, -0.2) is 4.31 Å². The molecule has 0 heterocycles. The van der Waals surface area contributed by atoms with E-state index in [1.807, 2.05) is 0 Å². The molecule has 12 heteroatoms. The van der Waals surface area contributed by atoms with Gasteiger partial charge in [-0.05, 0) is 38.4 Å². The van der Waals surface area contributed by atoms with Crippen LogP contribution < -0.4 is 0 Å². The molecule has 138 valence electrons. The highest BCUT2D eigenvalue weighted by Gasteiger charge is 2.18. The number of nitrogens with zero attached hydrogens (tertiary/aromatic N) is 4. The smallest absolute Gasteiger partial charge is 0.258 e. The molecule has 0 spiro atoms. The monoisotopic (exact) mass is 398 g/mol. The lowest BCUT2D eigenvalue weighted by Crippen LogP contribution is -2.17. The summed E-state index contributed by atoms with van der Waals surface area (Å²) in [6.45, 7) is 0. The van der Waals surface area contributed by atoms with Crippen LogP contribution in [-0.4, -0.2) is 36.7 Å². The molecule has 0 aliphatic carbocycles. The van der Waals surface area contributed by atoms with Gasteiger partial charge in [0.05, 0.1) is 14.7 Å². The summed E-state index contributed by atoms with van der Waals surface area (Å²) < 4.78 is 30.5. The molecule has 10 nitrogen and oxygen atoms in total. The van der Waals surface area contributed by atoms with Gasteiger partial charge in [0.2, 0.25) is 0 Å². The number of hydrogen-bond acceptors (Lipinski definition) is 6. The summed E-state index contributed by atoms with van der Waals surface area (Å²) in [5.41, 5.74) is -0.347. The third kappa shape index (κ3) is 4.47. The lowest BCUT2D eigenvalue weighted by atomic mass is 10.3. The van der Waals surface area contributed by atoms with Crippen molar-refractivity contribution >= 4 is 32.3 Å². The Kier molecular flexibility index (Phi) is 5.79. The number of hydrogen-bond donors (Lipinski definition) is 0.